The van der Waals surface area contributed by atoms with Gasteiger partial charge in [0.25, 0.3) is 0 Å². The monoisotopic (exact) mass is 271 g/mol. The molecule has 1 aromatic rings. The summed E-state index contributed by atoms with van der Waals surface area (Å²) in [6.07, 6.45) is 3.38. The molecule has 0 spiro atoms. The van der Waals surface area contributed by atoms with Crippen LogP contribution in [0.2, 0.25) is 0 Å². The Kier molecular flexibility index (Phi) is 3.22. The van der Waals surface area contributed by atoms with Gasteiger partial charge < -0.3 is 14.4 Å². The third-order valence-corrected chi connectivity index (χ3v) is 3.62. The van der Waals surface area contributed by atoms with Crippen molar-refractivity contribution in [2.24, 2.45) is 0 Å². The number of hydrogen-bond donors (Lipinski definition) is 0. The Hall–Kier alpha value is -2.23. The standard InChI is InChI=1S/C16H17NO3/c1-3-11-9-10-12(16(18)19-4-2)15-17(11)13-7-5-6-8-14(13)20-15/h3,5-8,11H,1,4,9-10H2,2H3/t11-/m0/s1. The first-order valence-corrected chi connectivity index (χ1v) is 6.85. The van der Waals surface area contributed by atoms with Crippen molar-refractivity contribution in [3.8, 4) is 5.75 Å². The molecule has 2 heterocycles. The van der Waals surface area contributed by atoms with Crippen LogP contribution in [-0.4, -0.2) is 18.6 Å². The zero-order valence-electron chi connectivity index (χ0n) is 11.5. The maximum absolute atomic E-state index is 12.1. The zero-order chi connectivity index (χ0) is 14.1. The minimum absolute atomic E-state index is 0.145. The van der Waals surface area contributed by atoms with Gasteiger partial charge in [-0.15, -0.1) is 6.58 Å². The average molecular weight is 271 g/mol. The molecule has 3 rings (SSSR count). The number of anilines is 1. The van der Waals surface area contributed by atoms with Crippen LogP contribution in [0.25, 0.3) is 0 Å². The van der Waals surface area contributed by atoms with Crippen LogP contribution in [0, 0.1) is 0 Å². The summed E-state index contributed by atoms with van der Waals surface area (Å²) in [5, 5.41) is 0. The van der Waals surface area contributed by atoms with Crippen molar-refractivity contribution in [2.45, 2.75) is 25.8 Å². The van der Waals surface area contributed by atoms with Gasteiger partial charge in [0.05, 0.1) is 23.9 Å². The fourth-order valence-electron chi connectivity index (χ4n) is 2.70. The van der Waals surface area contributed by atoms with Crippen LogP contribution in [0.3, 0.4) is 0 Å². The van der Waals surface area contributed by atoms with Crippen LogP contribution < -0.4 is 9.64 Å². The molecule has 0 fully saturated rings. The highest BCUT2D eigenvalue weighted by molar-refractivity contribution is 5.91. The maximum atomic E-state index is 12.1. The van der Waals surface area contributed by atoms with E-state index in [4.69, 9.17) is 9.47 Å². The van der Waals surface area contributed by atoms with E-state index in [1.807, 2.05) is 35.2 Å². The highest BCUT2D eigenvalue weighted by Crippen LogP contribution is 2.45. The van der Waals surface area contributed by atoms with Gasteiger partial charge in [-0.2, -0.15) is 0 Å². The topological polar surface area (TPSA) is 38.8 Å². The number of ether oxygens (including phenoxy) is 2. The SMILES string of the molecule is C=C[C@H]1CCC(C(=O)OCC)=C2Oc3ccccc3N21. The van der Waals surface area contributed by atoms with Gasteiger partial charge in [0.2, 0.25) is 5.88 Å². The molecule has 1 atom stereocenters. The Balaban J connectivity index is 2.07. The first kappa shape index (κ1) is 12.8. The third-order valence-electron chi connectivity index (χ3n) is 3.62. The van der Waals surface area contributed by atoms with E-state index in [1.54, 1.807) is 6.92 Å². The van der Waals surface area contributed by atoms with Gasteiger partial charge in [-0.25, -0.2) is 4.79 Å². The second-order valence-corrected chi connectivity index (χ2v) is 4.79. The normalized spacial score (nSPS) is 20.1. The van der Waals surface area contributed by atoms with Gasteiger partial charge in [0.1, 0.15) is 0 Å². The van der Waals surface area contributed by atoms with Crippen LogP contribution in [0.4, 0.5) is 5.69 Å². The van der Waals surface area contributed by atoms with Crippen molar-refractivity contribution in [1.29, 1.82) is 0 Å². The summed E-state index contributed by atoms with van der Waals surface area (Å²) in [6.45, 7) is 6.06. The summed E-state index contributed by atoms with van der Waals surface area (Å²) in [5.41, 5.74) is 1.59. The molecule has 0 amide bonds. The Morgan fingerprint density at radius 1 is 1.55 bits per heavy atom. The summed E-state index contributed by atoms with van der Waals surface area (Å²) in [4.78, 5) is 14.1. The molecule has 2 aliphatic rings. The molecule has 0 aliphatic carbocycles. The van der Waals surface area contributed by atoms with Crippen molar-refractivity contribution >= 4 is 11.7 Å². The molecule has 0 bridgehead atoms. The largest absolute Gasteiger partial charge is 0.462 e. The lowest BCUT2D eigenvalue weighted by molar-refractivity contribution is -0.139. The third kappa shape index (κ3) is 1.88. The van der Waals surface area contributed by atoms with Crippen molar-refractivity contribution in [3.63, 3.8) is 0 Å². The van der Waals surface area contributed by atoms with E-state index >= 15 is 0 Å². The molecule has 0 unspecified atom stereocenters. The molecule has 104 valence electrons. The number of esters is 1. The van der Waals surface area contributed by atoms with E-state index < -0.39 is 0 Å². The molecule has 20 heavy (non-hydrogen) atoms. The van der Waals surface area contributed by atoms with E-state index in [0.29, 0.717) is 24.5 Å². The Bertz CT molecular complexity index is 591. The van der Waals surface area contributed by atoms with E-state index in [1.165, 1.54) is 0 Å². The molecule has 4 heteroatoms. The number of carbonyl (C=O) groups is 1. The van der Waals surface area contributed by atoms with Gasteiger partial charge in [0.15, 0.2) is 5.75 Å². The van der Waals surface area contributed by atoms with Gasteiger partial charge in [0, 0.05) is 0 Å². The molecule has 4 nitrogen and oxygen atoms in total. The molecular weight excluding hydrogens is 254 g/mol. The van der Waals surface area contributed by atoms with Crippen LogP contribution in [0.15, 0.2) is 48.4 Å². The van der Waals surface area contributed by atoms with Crippen LogP contribution >= 0.6 is 0 Å². The second kappa shape index (κ2) is 5.04. The molecule has 0 saturated heterocycles. The summed E-state index contributed by atoms with van der Waals surface area (Å²) >= 11 is 0. The Labute approximate surface area is 118 Å². The lowest BCUT2D eigenvalue weighted by Crippen LogP contribution is -2.37. The number of benzene rings is 1. The van der Waals surface area contributed by atoms with E-state index in [0.717, 1.165) is 17.9 Å². The van der Waals surface area contributed by atoms with E-state index in [-0.39, 0.29) is 12.0 Å². The quantitative estimate of drug-likeness (QED) is 0.625. The van der Waals surface area contributed by atoms with Gasteiger partial charge >= 0.3 is 5.97 Å². The fraction of sp³-hybridized carbons (Fsp3) is 0.312. The number of hydrogen-bond acceptors (Lipinski definition) is 4. The maximum Gasteiger partial charge on any atom is 0.339 e. The zero-order valence-corrected chi connectivity index (χ0v) is 11.5. The first-order valence-electron chi connectivity index (χ1n) is 6.85. The van der Waals surface area contributed by atoms with Crippen molar-refractivity contribution in [2.75, 3.05) is 11.5 Å². The van der Waals surface area contributed by atoms with Crippen molar-refractivity contribution in [1.82, 2.24) is 0 Å². The summed E-state index contributed by atoms with van der Waals surface area (Å²) in [7, 11) is 0. The van der Waals surface area contributed by atoms with Gasteiger partial charge in [-0.1, -0.05) is 18.2 Å². The highest BCUT2D eigenvalue weighted by atomic mass is 16.5. The number of fused-ring (bicyclic) bond motifs is 3. The summed E-state index contributed by atoms with van der Waals surface area (Å²) < 4.78 is 11.0. The number of rotatable bonds is 3. The minimum Gasteiger partial charge on any atom is -0.462 e. The molecular formula is C16H17NO3. The average Bonchev–Trinajstić information content (AvgIpc) is 2.86. The molecule has 2 aliphatic heterocycles. The van der Waals surface area contributed by atoms with Gasteiger partial charge in [-0.3, -0.25) is 0 Å². The fourth-order valence-corrected chi connectivity index (χ4v) is 2.70. The molecule has 0 aromatic heterocycles. The van der Waals surface area contributed by atoms with E-state index in [9.17, 15) is 4.79 Å². The van der Waals surface area contributed by atoms with Gasteiger partial charge in [-0.05, 0) is 31.9 Å². The predicted octanol–water partition coefficient (Wildman–Crippen LogP) is 3.01. The molecule has 1 aromatic carbocycles. The van der Waals surface area contributed by atoms with Crippen LogP contribution in [0.5, 0.6) is 5.75 Å². The smallest absolute Gasteiger partial charge is 0.339 e. The number of carbonyl (C=O) groups excluding carboxylic acids is 1. The molecule has 0 N–H and O–H groups in total. The summed E-state index contributed by atoms with van der Waals surface area (Å²) in [6, 6.07) is 7.93. The molecule has 0 saturated carbocycles. The van der Waals surface area contributed by atoms with Crippen molar-refractivity contribution < 1.29 is 14.3 Å². The van der Waals surface area contributed by atoms with Crippen molar-refractivity contribution in [3.05, 3.63) is 48.4 Å². The lowest BCUT2D eigenvalue weighted by Gasteiger charge is -2.32. The predicted molar refractivity (Wildman–Crippen MR) is 76.4 cm³/mol. The number of para-hydroxylation sites is 2. The van der Waals surface area contributed by atoms with Crippen LogP contribution in [-0.2, 0) is 9.53 Å². The Morgan fingerprint density at radius 3 is 3.10 bits per heavy atom. The summed E-state index contributed by atoms with van der Waals surface area (Å²) in [5.74, 6) is 1.08. The first-order chi connectivity index (χ1) is 9.76. The minimum atomic E-state index is -0.289. The lowest BCUT2D eigenvalue weighted by atomic mass is 9.99. The van der Waals surface area contributed by atoms with Crippen LogP contribution in [0.1, 0.15) is 19.8 Å². The van der Waals surface area contributed by atoms with E-state index in [2.05, 4.69) is 6.58 Å². The molecule has 0 radical (unpaired) electrons. The second-order valence-electron chi connectivity index (χ2n) is 4.79. The highest BCUT2D eigenvalue weighted by Gasteiger charge is 2.38. The Morgan fingerprint density at radius 2 is 2.35 bits per heavy atom. The number of nitrogens with zero attached hydrogens (tertiary/aromatic N) is 1.